The van der Waals surface area contributed by atoms with Gasteiger partial charge in [0.2, 0.25) is 5.91 Å². The Morgan fingerprint density at radius 3 is 2.86 bits per heavy atom. The first kappa shape index (κ1) is 21.9. The number of thiophene rings is 1. The highest BCUT2D eigenvalue weighted by Crippen LogP contribution is 2.29. The van der Waals surface area contributed by atoms with Crippen molar-refractivity contribution in [2.24, 2.45) is 0 Å². The molecule has 0 radical (unpaired) electrons. The molecule has 29 heavy (non-hydrogen) atoms. The minimum Gasteiger partial charge on any atom is -0.325 e. The number of benzene rings is 1. The van der Waals surface area contributed by atoms with Crippen LogP contribution in [-0.4, -0.2) is 26.4 Å². The van der Waals surface area contributed by atoms with Gasteiger partial charge in [-0.05, 0) is 43.5 Å². The second-order valence-electron chi connectivity index (χ2n) is 6.76. The minimum atomic E-state index is -0.0891. The number of hydrogen-bond acceptors (Lipinski definition) is 5. The van der Waals surface area contributed by atoms with Gasteiger partial charge < -0.3 is 9.88 Å². The van der Waals surface area contributed by atoms with Crippen molar-refractivity contribution >= 4 is 46.3 Å². The molecule has 0 unspecified atom stereocenters. The van der Waals surface area contributed by atoms with Gasteiger partial charge in [0.15, 0.2) is 11.0 Å². The standard InChI is InChI=1S/C21H25ClN4OS2/c1-4-7-16-11-15(12-28-16)20-24-25-21(26(20)10-5-2)29-13-19(27)23-18-9-6-8-17(22)14(18)3/h6,8-9,11-12H,4-5,7,10,13H2,1-3H3,(H,23,27). The normalized spacial score (nSPS) is 11.0. The van der Waals surface area contributed by atoms with Crippen LogP contribution >= 0.6 is 34.7 Å². The molecular weight excluding hydrogens is 424 g/mol. The fourth-order valence-electron chi connectivity index (χ4n) is 2.97. The van der Waals surface area contributed by atoms with E-state index in [1.165, 1.54) is 16.6 Å². The van der Waals surface area contributed by atoms with E-state index in [1.807, 2.05) is 25.1 Å². The highest BCUT2D eigenvalue weighted by Gasteiger charge is 2.17. The smallest absolute Gasteiger partial charge is 0.234 e. The number of thioether (sulfide) groups is 1. The molecule has 0 atom stereocenters. The van der Waals surface area contributed by atoms with Crippen LogP contribution in [0.2, 0.25) is 5.02 Å². The van der Waals surface area contributed by atoms with Crippen LogP contribution in [0.3, 0.4) is 0 Å². The van der Waals surface area contributed by atoms with Crippen molar-refractivity contribution in [2.45, 2.75) is 51.7 Å². The average Bonchev–Trinajstić information content (AvgIpc) is 3.31. The number of hydrogen-bond donors (Lipinski definition) is 1. The maximum Gasteiger partial charge on any atom is 0.234 e. The first-order valence-electron chi connectivity index (χ1n) is 9.72. The van der Waals surface area contributed by atoms with E-state index >= 15 is 0 Å². The van der Waals surface area contributed by atoms with Gasteiger partial charge in [-0.25, -0.2) is 0 Å². The SMILES string of the molecule is CCCc1cc(-c2nnc(SCC(=O)Nc3cccc(Cl)c3C)n2CCC)cs1. The third kappa shape index (κ3) is 5.41. The number of carbonyl (C=O) groups excluding carboxylic acids is 1. The van der Waals surface area contributed by atoms with E-state index in [-0.39, 0.29) is 11.7 Å². The van der Waals surface area contributed by atoms with Gasteiger partial charge in [-0.3, -0.25) is 4.79 Å². The first-order chi connectivity index (χ1) is 14.0. The number of halogens is 1. The molecule has 1 amide bonds. The summed E-state index contributed by atoms with van der Waals surface area (Å²) in [5, 5.41) is 15.3. The summed E-state index contributed by atoms with van der Waals surface area (Å²) in [6, 6.07) is 7.70. The topological polar surface area (TPSA) is 59.8 Å². The number of carbonyl (C=O) groups is 1. The average molecular weight is 449 g/mol. The molecule has 3 aromatic rings. The molecular formula is C21H25ClN4OS2. The maximum absolute atomic E-state index is 12.4. The zero-order valence-electron chi connectivity index (χ0n) is 16.9. The highest BCUT2D eigenvalue weighted by molar-refractivity contribution is 7.99. The van der Waals surface area contributed by atoms with Crippen molar-refractivity contribution in [2.75, 3.05) is 11.1 Å². The summed E-state index contributed by atoms with van der Waals surface area (Å²) in [6.45, 7) is 7.02. The largest absolute Gasteiger partial charge is 0.325 e. The quantitative estimate of drug-likeness (QED) is 0.404. The summed E-state index contributed by atoms with van der Waals surface area (Å²) in [5.41, 5.74) is 2.70. The van der Waals surface area contributed by atoms with Gasteiger partial charge >= 0.3 is 0 Å². The van der Waals surface area contributed by atoms with Crippen molar-refractivity contribution in [1.29, 1.82) is 0 Å². The predicted octanol–water partition coefficient (Wildman–Crippen LogP) is 6.06. The third-order valence-electron chi connectivity index (χ3n) is 4.45. The molecule has 0 saturated heterocycles. The number of amides is 1. The number of anilines is 1. The minimum absolute atomic E-state index is 0.0891. The molecule has 2 heterocycles. The summed E-state index contributed by atoms with van der Waals surface area (Å²) in [7, 11) is 0. The Bertz CT molecular complexity index is 983. The van der Waals surface area contributed by atoms with Gasteiger partial charge in [0.1, 0.15) is 0 Å². The lowest BCUT2D eigenvalue weighted by Crippen LogP contribution is -2.15. The van der Waals surface area contributed by atoms with E-state index in [0.29, 0.717) is 5.02 Å². The molecule has 1 N–H and O–H groups in total. The van der Waals surface area contributed by atoms with E-state index in [4.69, 9.17) is 11.6 Å². The number of nitrogens with zero attached hydrogens (tertiary/aromatic N) is 3. The van der Waals surface area contributed by atoms with Crippen LogP contribution in [0.5, 0.6) is 0 Å². The predicted molar refractivity (Wildman–Crippen MR) is 123 cm³/mol. The molecule has 0 aliphatic heterocycles. The summed E-state index contributed by atoms with van der Waals surface area (Å²) >= 11 is 9.30. The Labute approximate surface area is 184 Å². The summed E-state index contributed by atoms with van der Waals surface area (Å²) in [6.07, 6.45) is 3.18. The molecule has 2 aromatic heterocycles. The lowest BCUT2D eigenvalue weighted by atomic mass is 10.2. The molecule has 1 aromatic carbocycles. The zero-order valence-corrected chi connectivity index (χ0v) is 19.3. The molecule has 0 spiro atoms. The van der Waals surface area contributed by atoms with Gasteiger partial charge in [0, 0.05) is 33.1 Å². The second kappa shape index (κ2) is 10.3. The Morgan fingerprint density at radius 1 is 1.28 bits per heavy atom. The van der Waals surface area contributed by atoms with E-state index in [2.05, 4.69) is 45.4 Å². The van der Waals surface area contributed by atoms with Crippen molar-refractivity contribution in [3.05, 3.63) is 45.1 Å². The zero-order chi connectivity index (χ0) is 20.8. The fraction of sp³-hybridized carbons (Fsp3) is 0.381. The molecule has 0 saturated carbocycles. The summed E-state index contributed by atoms with van der Waals surface area (Å²) in [5.74, 6) is 1.05. The van der Waals surface area contributed by atoms with E-state index < -0.39 is 0 Å². The molecule has 3 rings (SSSR count). The van der Waals surface area contributed by atoms with Crippen LogP contribution in [0.15, 0.2) is 34.8 Å². The molecule has 5 nitrogen and oxygen atoms in total. The van der Waals surface area contributed by atoms with E-state index in [9.17, 15) is 4.79 Å². The van der Waals surface area contributed by atoms with Crippen LogP contribution < -0.4 is 5.32 Å². The number of rotatable bonds is 9. The van der Waals surface area contributed by atoms with Crippen molar-refractivity contribution < 1.29 is 4.79 Å². The number of aryl methyl sites for hydroxylation is 1. The molecule has 0 aliphatic carbocycles. The monoisotopic (exact) mass is 448 g/mol. The second-order valence-corrected chi connectivity index (χ2v) is 9.10. The van der Waals surface area contributed by atoms with Crippen molar-refractivity contribution in [1.82, 2.24) is 14.8 Å². The molecule has 8 heteroatoms. The van der Waals surface area contributed by atoms with Gasteiger partial charge in [0.25, 0.3) is 0 Å². The van der Waals surface area contributed by atoms with Gasteiger partial charge in [0.05, 0.1) is 5.75 Å². The van der Waals surface area contributed by atoms with Gasteiger partial charge in [-0.2, -0.15) is 0 Å². The fourth-order valence-corrected chi connectivity index (χ4v) is 4.88. The molecule has 0 bridgehead atoms. The van der Waals surface area contributed by atoms with Crippen LogP contribution in [0, 0.1) is 6.92 Å². The lowest BCUT2D eigenvalue weighted by Gasteiger charge is -2.10. The van der Waals surface area contributed by atoms with Gasteiger partial charge in [-0.1, -0.05) is 49.7 Å². The highest BCUT2D eigenvalue weighted by atomic mass is 35.5. The van der Waals surface area contributed by atoms with Crippen LogP contribution in [0.4, 0.5) is 5.69 Å². The Hall–Kier alpha value is -1.83. The van der Waals surface area contributed by atoms with Crippen LogP contribution in [-0.2, 0) is 17.8 Å². The number of nitrogens with one attached hydrogen (secondary N) is 1. The lowest BCUT2D eigenvalue weighted by molar-refractivity contribution is -0.113. The Balaban J connectivity index is 1.71. The van der Waals surface area contributed by atoms with Gasteiger partial charge in [-0.15, -0.1) is 21.5 Å². The molecule has 0 aliphatic rings. The summed E-state index contributed by atoms with van der Waals surface area (Å²) < 4.78 is 2.11. The van der Waals surface area contributed by atoms with E-state index in [0.717, 1.165) is 53.6 Å². The summed E-state index contributed by atoms with van der Waals surface area (Å²) in [4.78, 5) is 13.8. The molecule has 154 valence electrons. The Morgan fingerprint density at radius 2 is 2.10 bits per heavy atom. The third-order valence-corrected chi connectivity index (χ3v) is 6.82. The molecule has 0 fully saturated rings. The maximum atomic E-state index is 12.4. The van der Waals surface area contributed by atoms with Crippen molar-refractivity contribution in [3.8, 4) is 11.4 Å². The van der Waals surface area contributed by atoms with Crippen LogP contribution in [0.1, 0.15) is 37.1 Å². The van der Waals surface area contributed by atoms with Crippen molar-refractivity contribution in [3.63, 3.8) is 0 Å². The van der Waals surface area contributed by atoms with Crippen LogP contribution in [0.25, 0.3) is 11.4 Å². The van der Waals surface area contributed by atoms with E-state index in [1.54, 1.807) is 11.3 Å². The first-order valence-corrected chi connectivity index (χ1v) is 12.0. The Kier molecular flexibility index (Phi) is 7.75. The number of aromatic nitrogens is 3.